The lowest BCUT2D eigenvalue weighted by Crippen LogP contribution is -2.45. The van der Waals surface area contributed by atoms with Crippen LogP contribution in [0.3, 0.4) is 0 Å². The third-order valence-corrected chi connectivity index (χ3v) is 4.00. The van der Waals surface area contributed by atoms with Crippen molar-refractivity contribution in [1.82, 2.24) is 9.80 Å². The molecule has 0 radical (unpaired) electrons. The van der Waals surface area contributed by atoms with Gasteiger partial charge in [0.1, 0.15) is 6.54 Å². The summed E-state index contributed by atoms with van der Waals surface area (Å²) in [5.41, 5.74) is 1.84. The highest BCUT2D eigenvalue weighted by Gasteiger charge is 2.32. The zero-order valence-corrected chi connectivity index (χ0v) is 11.1. The lowest BCUT2D eigenvalue weighted by Gasteiger charge is -2.29. The first-order valence-electron chi connectivity index (χ1n) is 6.79. The van der Waals surface area contributed by atoms with Crippen molar-refractivity contribution < 1.29 is 9.59 Å². The second-order valence-electron chi connectivity index (χ2n) is 5.37. The number of fused-ring (bicyclic) bond motifs is 1. The molecule has 1 fully saturated rings. The van der Waals surface area contributed by atoms with Gasteiger partial charge in [0.2, 0.25) is 5.91 Å². The van der Waals surface area contributed by atoms with Crippen molar-refractivity contribution in [2.75, 3.05) is 20.1 Å². The predicted octanol–water partition coefficient (Wildman–Crippen LogP) is 1.31. The minimum Gasteiger partial charge on any atom is -0.341 e. The summed E-state index contributed by atoms with van der Waals surface area (Å²) in [4.78, 5) is 27.9. The SMILES string of the molecule is CN(C(=O)CN1CCc2ccccc2C1=O)C1CC1. The van der Waals surface area contributed by atoms with Gasteiger partial charge in [0.05, 0.1) is 0 Å². The van der Waals surface area contributed by atoms with Crippen LogP contribution in [0, 0.1) is 0 Å². The summed E-state index contributed by atoms with van der Waals surface area (Å²) < 4.78 is 0. The number of nitrogens with zero attached hydrogens (tertiary/aromatic N) is 2. The van der Waals surface area contributed by atoms with E-state index in [0.717, 1.165) is 30.4 Å². The van der Waals surface area contributed by atoms with Crippen molar-refractivity contribution in [3.63, 3.8) is 0 Å². The molecular weight excluding hydrogens is 240 g/mol. The van der Waals surface area contributed by atoms with Crippen LogP contribution in [0.2, 0.25) is 0 Å². The molecule has 4 nitrogen and oxygen atoms in total. The molecule has 3 rings (SSSR count). The molecule has 1 aromatic carbocycles. The van der Waals surface area contributed by atoms with Crippen LogP contribution in [0.1, 0.15) is 28.8 Å². The Morgan fingerprint density at radius 1 is 1.37 bits per heavy atom. The third-order valence-electron chi connectivity index (χ3n) is 4.00. The van der Waals surface area contributed by atoms with Gasteiger partial charge in [-0.3, -0.25) is 9.59 Å². The number of amides is 2. The van der Waals surface area contributed by atoms with Gasteiger partial charge in [-0.05, 0) is 30.9 Å². The van der Waals surface area contributed by atoms with Crippen molar-refractivity contribution in [1.29, 1.82) is 0 Å². The average Bonchev–Trinajstić information content (AvgIpc) is 3.26. The van der Waals surface area contributed by atoms with Crippen molar-refractivity contribution in [2.24, 2.45) is 0 Å². The number of rotatable bonds is 3. The van der Waals surface area contributed by atoms with Crippen LogP contribution in [0.15, 0.2) is 24.3 Å². The van der Waals surface area contributed by atoms with Gasteiger partial charge in [0.15, 0.2) is 0 Å². The maximum absolute atomic E-state index is 12.3. The first kappa shape index (κ1) is 12.2. The smallest absolute Gasteiger partial charge is 0.254 e. The Labute approximate surface area is 113 Å². The summed E-state index contributed by atoms with van der Waals surface area (Å²) in [5, 5.41) is 0. The molecule has 1 aromatic rings. The molecule has 2 aliphatic rings. The van der Waals surface area contributed by atoms with E-state index in [1.54, 1.807) is 9.80 Å². The number of hydrogen-bond acceptors (Lipinski definition) is 2. The van der Waals surface area contributed by atoms with Gasteiger partial charge in [-0.1, -0.05) is 18.2 Å². The number of hydrogen-bond donors (Lipinski definition) is 0. The minimum absolute atomic E-state index is 0.0144. The lowest BCUT2D eigenvalue weighted by atomic mass is 9.99. The maximum Gasteiger partial charge on any atom is 0.254 e. The van der Waals surface area contributed by atoms with E-state index < -0.39 is 0 Å². The second-order valence-corrected chi connectivity index (χ2v) is 5.37. The van der Waals surface area contributed by atoms with E-state index in [2.05, 4.69) is 0 Å². The van der Waals surface area contributed by atoms with E-state index in [4.69, 9.17) is 0 Å². The Balaban J connectivity index is 1.70. The van der Waals surface area contributed by atoms with Gasteiger partial charge in [-0.15, -0.1) is 0 Å². The Morgan fingerprint density at radius 3 is 2.84 bits per heavy atom. The van der Waals surface area contributed by atoms with E-state index in [9.17, 15) is 9.59 Å². The topological polar surface area (TPSA) is 40.6 Å². The molecule has 19 heavy (non-hydrogen) atoms. The molecule has 0 bridgehead atoms. The Bertz CT molecular complexity index is 523. The first-order valence-corrected chi connectivity index (χ1v) is 6.79. The molecule has 1 heterocycles. The fourth-order valence-corrected chi connectivity index (χ4v) is 2.57. The Kier molecular flexibility index (Phi) is 3.01. The van der Waals surface area contributed by atoms with Gasteiger partial charge in [0.25, 0.3) is 5.91 Å². The summed E-state index contributed by atoms with van der Waals surface area (Å²) in [6.45, 7) is 0.847. The van der Waals surface area contributed by atoms with Crippen LogP contribution < -0.4 is 0 Å². The summed E-state index contributed by atoms with van der Waals surface area (Å²) in [6, 6.07) is 8.06. The highest BCUT2D eigenvalue weighted by molar-refractivity contribution is 5.98. The molecule has 0 N–H and O–H groups in total. The quantitative estimate of drug-likeness (QED) is 0.820. The molecule has 1 saturated carbocycles. The van der Waals surface area contributed by atoms with Gasteiger partial charge < -0.3 is 9.80 Å². The summed E-state index contributed by atoms with van der Waals surface area (Å²) in [7, 11) is 1.84. The van der Waals surface area contributed by atoms with Crippen LogP contribution >= 0.6 is 0 Å². The van der Waals surface area contributed by atoms with Crippen molar-refractivity contribution >= 4 is 11.8 Å². The zero-order valence-electron chi connectivity index (χ0n) is 11.1. The molecule has 2 amide bonds. The summed E-state index contributed by atoms with van der Waals surface area (Å²) in [5.74, 6) is 0.0367. The highest BCUT2D eigenvalue weighted by Crippen LogP contribution is 2.26. The molecule has 100 valence electrons. The standard InChI is InChI=1S/C15H18N2O2/c1-16(12-6-7-12)14(18)10-17-9-8-11-4-2-3-5-13(11)15(17)19/h2-5,12H,6-10H2,1H3. The molecule has 0 saturated heterocycles. The number of carbonyl (C=O) groups excluding carboxylic acids is 2. The number of benzene rings is 1. The molecule has 0 spiro atoms. The largest absolute Gasteiger partial charge is 0.341 e. The van der Waals surface area contributed by atoms with Gasteiger partial charge in [0, 0.05) is 25.2 Å². The zero-order chi connectivity index (χ0) is 13.4. The summed E-state index contributed by atoms with van der Waals surface area (Å²) in [6.07, 6.45) is 3.03. The predicted molar refractivity (Wildman–Crippen MR) is 71.8 cm³/mol. The van der Waals surface area contributed by atoms with Crippen LogP contribution in [0.4, 0.5) is 0 Å². The lowest BCUT2D eigenvalue weighted by molar-refractivity contribution is -0.131. The van der Waals surface area contributed by atoms with Crippen molar-refractivity contribution in [3.05, 3.63) is 35.4 Å². The minimum atomic E-state index is -0.0144. The monoisotopic (exact) mass is 258 g/mol. The van der Waals surface area contributed by atoms with Crippen LogP contribution in [0.5, 0.6) is 0 Å². The third kappa shape index (κ3) is 2.35. The van der Waals surface area contributed by atoms with Crippen LogP contribution in [-0.2, 0) is 11.2 Å². The number of carbonyl (C=O) groups is 2. The van der Waals surface area contributed by atoms with Crippen LogP contribution in [-0.4, -0.2) is 47.8 Å². The molecule has 0 unspecified atom stereocenters. The van der Waals surface area contributed by atoms with E-state index >= 15 is 0 Å². The molecule has 1 aliphatic carbocycles. The van der Waals surface area contributed by atoms with Gasteiger partial charge in [-0.25, -0.2) is 0 Å². The van der Waals surface area contributed by atoms with E-state index in [0.29, 0.717) is 12.6 Å². The van der Waals surface area contributed by atoms with E-state index in [1.807, 2.05) is 31.3 Å². The fourth-order valence-electron chi connectivity index (χ4n) is 2.57. The van der Waals surface area contributed by atoms with Crippen molar-refractivity contribution in [3.8, 4) is 0 Å². The van der Waals surface area contributed by atoms with E-state index in [-0.39, 0.29) is 18.4 Å². The highest BCUT2D eigenvalue weighted by atomic mass is 16.2. The molecular formula is C15H18N2O2. The molecule has 0 atom stereocenters. The van der Waals surface area contributed by atoms with E-state index in [1.165, 1.54) is 0 Å². The average molecular weight is 258 g/mol. The first-order chi connectivity index (χ1) is 9.16. The second kappa shape index (κ2) is 4.68. The fraction of sp³-hybridized carbons (Fsp3) is 0.467. The Morgan fingerprint density at radius 2 is 2.11 bits per heavy atom. The van der Waals surface area contributed by atoms with Crippen LogP contribution in [0.25, 0.3) is 0 Å². The molecule has 1 aliphatic heterocycles. The normalized spacial score (nSPS) is 18.2. The Hall–Kier alpha value is -1.84. The molecule has 4 heteroatoms. The number of likely N-dealkylation sites (N-methyl/N-ethyl adjacent to an activating group) is 1. The summed E-state index contributed by atoms with van der Waals surface area (Å²) >= 11 is 0. The van der Waals surface area contributed by atoms with Crippen molar-refractivity contribution in [2.45, 2.75) is 25.3 Å². The maximum atomic E-state index is 12.3. The van der Waals surface area contributed by atoms with Gasteiger partial charge >= 0.3 is 0 Å². The molecule has 0 aromatic heterocycles. The van der Waals surface area contributed by atoms with Gasteiger partial charge in [-0.2, -0.15) is 0 Å².